The van der Waals surface area contributed by atoms with Crippen LogP contribution in [-0.4, -0.2) is 57.3 Å². The second kappa shape index (κ2) is 8.48. The molecule has 1 aromatic rings. The van der Waals surface area contributed by atoms with Crippen molar-refractivity contribution in [3.05, 3.63) is 40.7 Å². The molecule has 2 bridgehead atoms. The van der Waals surface area contributed by atoms with Gasteiger partial charge in [-0.3, -0.25) is 9.78 Å². The number of ether oxygens (including phenoxy) is 1. The molecule has 0 saturated carbocycles. The minimum absolute atomic E-state index is 0.0987. The molecule has 3 heterocycles. The van der Waals surface area contributed by atoms with E-state index < -0.39 is 11.9 Å². The highest BCUT2D eigenvalue weighted by Gasteiger charge is 2.39. The number of piperidine rings is 1. The van der Waals surface area contributed by atoms with Crippen LogP contribution in [0.4, 0.5) is 0 Å². The predicted octanol–water partition coefficient (Wildman–Crippen LogP) is 1.09. The number of pyridine rings is 1. The second-order valence-corrected chi connectivity index (χ2v) is 6.15. The van der Waals surface area contributed by atoms with Gasteiger partial charge in [-0.05, 0) is 38.8 Å². The van der Waals surface area contributed by atoms with Gasteiger partial charge in [-0.25, -0.2) is 9.59 Å². The van der Waals surface area contributed by atoms with Gasteiger partial charge in [0.2, 0.25) is 0 Å². The summed E-state index contributed by atoms with van der Waals surface area (Å²) in [4.78, 5) is 35.5. The molecular formula is C17H22N2O6. The molecule has 0 spiro atoms. The van der Waals surface area contributed by atoms with Gasteiger partial charge in [0, 0.05) is 30.3 Å². The Balaban J connectivity index is 0.000000242. The van der Waals surface area contributed by atoms with E-state index in [1.807, 2.05) is 6.07 Å². The minimum Gasteiger partial charge on any atom is -0.478 e. The van der Waals surface area contributed by atoms with Gasteiger partial charge in [0.25, 0.3) is 5.56 Å². The average molecular weight is 350 g/mol. The molecule has 2 atom stereocenters. The van der Waals surface area contributed by atoms with Crippen molar-refractivity contribution in [2.24, 2.45) is 0 Å². The Bertz CT molecular complexity index is 668. The zero-order chi connectivity index (χ0) is 18.4. The van der Waals surface area contributed by atoms with Gasteiger partial charge in [0.15, 0.2) is 5.88 Å². The lowest BCUT2D eigenvalue weighted by molar-refractivity contribution is -0.134. The van der Waals surface area contributed by atoms with Crippen LogP contribution < -0.4 is 10.3 Å². The summed E-state index contributed by atoms with van der Waals surface area (Å²) in [6, 6.07) is 6.38. The Labute approximate surface area is 144 Å². The maximum atomic E-state index is 11.2. The number of rotatable bonds is 4. The van der Waals surface area contributed by atoms with Gasteiger partial charge >= 0.3 is 11.9 Å². The van der Waals surface area contributed by atoms with Crippen molar-refractivity contribution in [2.45, 2.75) is 43.9 Å². The van der Waals surface area contributed by atoms with Crippen molar-refractivity contribution in [3.63, 3.8) is 0 Å². The number of aliphatic carboxylic acids is 2. The van der Waals surface area contributed by atoms with Gasteiger partial charge in [0.05, 0.1) is 0 Å². The minimum atomic E-state index is -1.26. The van der Waals surface area contributed by atoms with Crippen molar-refractivity contribution in [3.8, 4) is 5.88 Å². The molecule has 2 saturated heterocycles. The molecule has 25 heavy (non-hydrogen) atoms. The number of nitrogens with zero attached hydrogens (tertiary/aromatic N) is 1. The van der Waals surface area contributed by atoms with Gasteiger partial charge < -0.3 is 19.8 Å². The summed E-state index contributed by atoms with van der Waals surface area (Å²) in [5.41, 5.74) is -0.0987. The van der Waals surface area contributed by atoms with E-state index in [0.29, 0.717) is 30.1 Å². The molecule has 0 aromatic carbocycles. The van der Waals surface area contributed by atoms with Crippen LogP contribution in [0.5, 0.6) is 5.88 Å². The molecule has 2 aliphatic heterocycles. The summed E-state index contributed by atoms with van der Waals surface area (Å²) < 4.78 is 5.88. The summed E-state index contributed by atoms with van der Waals surface area (Å²) in [5.74, 6) is -1.91. The SMILES string of the molecule is CN1C2CCC1CC(Oc1cccc(=O)[nH]1)C2.O=C(O)/C=C/C(=O)O. The number of hydrogen-bond acceptors (Lipinski definition) is 5. The summed E-state index contributed by atoms with van der Waals surface area (Å²) in [5, 5.41) is 15.6. The van der Waals surface area contributed by atoms with Gasteiger partial charge in [0.1, 0.15) is 6.10 Å². The van der Waals surface area contributed by atoms with Gasteiger partial charge in [-0.2, -0.15) is 0 Å². The first kappa shape index (κ1) is 18.7. The van der Waals surface area contributed by atoms with E-state index in [9.17, 15) is 14.4 Å². The number of H-pyrrole nitrogens is 1. The van der Waals surface area contributed by atoms with E-state index in [1.165, 1.54) is 18.9 Å². The van der Waals surface area contributed by atoms with E-state index in [2.05, 4.69) is 16.9 Å². The van der Waals surface area contributed by atoms with Crippen LogP contribution in [-0.2, 0) is 9.59 Å². The zero-order valence-corrected chi connectivity index (χ0v) is 13.9. The monoisotopic (exact) mass is 350 g/mol. The highest BCUT2D eigenvalue weighted by molar-refractivity contribution is 5.89. The number of hydrogen-bond donors (Lipinski definition) is 3. The zero-order valence-electron chi connectivity index (χ0n) is 13.9. The number of aromatic amines is 1. The van der Waals surface area contributed by atoms with Crippen LogP contribution in [0.15, 0.2) is 35.1 Å². The third-order valence-corrected chi connectivity index (χ3v) is 4.46. The molecule has 1 aromatic heterocycles. The van der Waals surface area contributed by atoms with Crippen LogP contribution >= 0.6 is 0 Å². The van der Waals surface area contributed by atoms with Crippen molar-refractivity contribution < 1.29 is 24.5 Å². The lowest BCUT2D eigenvalue weighted by atomic mass is 10.0. The maximum Gasteiger partial charge on any atom is 0.328 e. The van der Waals surface area contributed by atoms with E-state index in [4.69, 9.17) is 14.9 Å². The van der Waals surface area contributed by atoms with Crippen molar-refractivity contribution in [1.82, 2.24) is 9.88 Å². The standard InChI is InChI=1S/C13H18N2O2.C4H4O4/c1-15-9-5-6-10(15)8-11(7-9)17-13-4-2-3-12(16)14-13;5-3(6)1-2-4(7)8/h2-4,9-11H,5-8H2,1H3,(H,14,16);1-2H,(H,5,6)(H,7,8)/b;2-1+. The average Bonchev–Trinajstić information content (AvgIpc) is 2.75. The predicted molar refractivity (Wildman–Crippen MR) is 89.7 cm³/mol. The molecule has 2 unspecified atom stereocenters. The molecule has 0 aliphatic carbocycles. The van der Waals surface area contributed by atoms with E-state index in [0.717, 1.165) is 12.8 Å². The molecule has 0 radical (unpaired) electrons. The lowest BCUT2D eigenvalue weighted by Crippen LogP contribution is -2.44. The normalized spacial score (nSPS) is 25.2. The first-order chi connectivity index (χ1) is 11.8. The number of fused-ring (bicyclic) bond motifs is 2. The largest absolute Gasteiger partial charge is 0.478 e. The highest BCUT2D eigenvalue weighted by Crippen LogP contribution is 2.35. The second-order valence-electron chi connectivity index (χ2n) is 6.15. The van der Waals surface area contributed by atoms with E-state index >= 15 is 0 Å². The van der Waals surface area contributed by atoms with Crippen LogP contribution in [0.1, 0.15) is 25.7 Å². The summed E-state index contributed by atoms with van der Waals surface area (Å²) >= 11 is 0. The Morgan fingerprint density at radius 3 is 2.20 bits per heavy atom. The fourth-order valence-corrected chi connectivity index (χ4v) is 3.28. The number of aromatic nitrogens is 1. The van der Waals surface area contributed by atoms with Gasteiger partial charge in [-0.1, -0.05) is 6.07 Å². The molecule has 3 N–H and O–H groups in total. The van der Waals surface area contributed by atoms with Crippen LogP contribution in [0.3, 0.4) is 0 Å². The number of carboxylic acid groups (broad SMARTS) is 2. The first-order valence-electron chi connectivity index (χ1n) is 8.07. The summed E-state index contributed by atoms with van der Waals surface area (Å²) in [6.07, 6.45) is 6.08. The smallest absolute Gasteiger partial charge is 0.328 e. The third-order valence-electron chi connectivity index (χ3n) is 4.46. The van der Waals surface area contributed by atoms with E-state index in [1.54, 1.807) is 6.07 Å². The molecule has 3 rings (SSSR count). The first-order valence-corrected chi connectivity index (χ1v) is 8.07. The molecule has 8 nitrogen and oxygen atoms in total. The Morgan fingerprint density at radius 2 is 1.72 bits per heavy atom. The van der Waals surface area contributed by atoms with Crippen LogP contribution in [0.2, 0.25) is 0 Å². The number of carboxylic acids is 2. The van der Waals surface area contributed by atoms with Gasteiger partial charge in [-0.15, -0.1) is 0 Å². The Morgan fingerprint density at radius 1 is 1.16 bits per heavy atom. The van der Waals surface area contributed by atoms with Crippen LogP contribution in [0.25, 0.3) is 0 Å². The molecule has 0 amide bonds. The Kier molecular flexibility index (Phi) is 6.35. The highest BCUT2D eigenvalue weighted by atomic mass is 16.5. The maximum absolute atomic E-state index is 11.2. The molecule has 2 aliphatic rings. The quantitative estimate of drug-likeness (QED) is 0.695. The molecule has 8 heteroatoms. The fraction of sp³-hybridized carbons (Fsp3) is 0.471. The van der Waals surface area contributed by atoms with Crippen molar-refractivity contribution >= 4 is 11.9 Å². The Hall–Kier alpha value is -2.61. The number of carbonyl (C=O) groups is 2. The van der Waals surface area contributed by atoms with Crippen molar-refractivity contribution in [1.29, 1.82) is 0 Å². The summed E-state index contributed by atoms with van der Waals surface area (Å²) in [6.45, 7) is 0. The lowest BCUT2D eigenvalue weighted by Gasteiger charge is -2.36. The topological polar surface area (TPSA) is 120 Å². The summed E-state index contributed by atoms with van der Waals surface area (Å²) in [7, 11) is 2.21. The van der Waals surface area contributed by atoms with Crippen LogP contribution in [0, 0.1) is 0 Å². The fourth-order valence-electron chi connectivity index (χ4n) is 3.28. The van der Waals surface area contributed by atoms with E-state index in [-0.39, 0.29) is 11.7 Å². The molecular weight excluding hydrogens is 328 g/mol. The molecule has 136 valence electrons. The molecule has 2 fully saturated rings. The third kappa shape index (κ3) is 5.75. The van der Waals surface area contributed by atoms with Crippen molar-refractivity contribution in [2.75, 3.05) is 7.05 Å². The number of nitrogens with one attached hydrogen (secondary N) is 1.